The normalized spacial score (nSPS) is 16.7. The van der Waals surface area contributed by atoms with Crippen molar-refractivity contribution >= 4 is 0 Å². The Bertz CT molecular complexity index is 370. The number of nitrogens with two attached hydrogens (primary N) is 1. The zero-order chi connectivity index (χ0) is 10.8. The lowest BCUT2D eigenvalue weighted by Gasteiger charge is -2.22. The first-order valence-corrected chi connectivity index (χ1v) is 4.61. The summed E-state index contributed by atoms with van der Waals surface area (Å²) in [6, 6.07) is 2.00. The van der Waals surface area contributed by atoms with E-state index in [9.17, 15) is 4.39 Å². The van der Waals surface area contributed by atoms with Gasteiger partial charge in [0.2, 0.25) is 0 Å². The molecular weight excluding hydrogens is 201 g/mol. The molecule has 0 bridgehead atoms. The number of rotatable bonds is 2. The summed E-state index contributed by atoms with van der Waals surface area (Å²) in [4.78, 5) is 0. The van der Waals surface area contributed by atoms with E-state index in [1.807, 2.05) is 0 Å². The van der Waals surface area contributed by atoms with Crippen molar-refractivity contribution in [3.63, 3.8) is 0 Å². The van der Waals surface area contributed by atoms with Crippen molar-refractivity contribution in [3.8, 4) is 5.75 Å². The van der Waals surface area contributed by atoms with E-state index in [0.717, 1.165) is 0 Å². The largest absolute Gasteiger partial charge is 0.467 e. The Morgan fingerprint density at radius 3 is 3.07 bits per heavy atom. The van der Waals surface area contributed by atoms with Gasteiger partial charge >= 0.3 is 0 Å². The third kappa shape index (κ3) is 1.94. The molecule has 4 nitrogen and oxygen atoms in total. The van der Waals surface area contributed by atoms with Crippen LogP contribution in [0.4, 0.5) is 4.39 Å². The molecular formula is C10H12FNO3. The predicted molar refractivity (Wildman–Crippen MR) is 50.7 cm³/mol. The first-order chi connectivity index (χ1) is 7.22. The highest BCUT2D eigenvalue weighted by Gasteiger charge is 2.20. The molecule has 1 atom stereocenters. The Morgan fingerprint density at radius 2 is 2.33 bits per heavy atom. The van der Waals surface area contributed by atoms with Gasteiger partial charge in [-0.25, -0.2) is 4.39 Å². The van der Waals surface area contributed by atoms with Gasteiger partial charge < -0.3 is 20.3 Å². The average molecular weight is 213 g/mol. The number of hydrogen-bond acceptors (Lipinski definition) is 4. The van der Waals surface area contributed by atoms with E-state index < -0.39 is 11.9 Å². The van der Waals surface area contributed by atoms with E-state index in [2.05, 4.69) is 0 Å². The molecule has 5 heteroatoms. The topological polar surface area (TPSA) is 64.7 Å². The third-order valence-corrected chi connectivity index (χ3v) is 2.30. The van der Waals surface area contributed by atoms with Crippen LogP contribution in [-0.4, -0.2) is 18.5 Å². The smallest absolute Gasteiger partial charge is 0.189 e. The average Bonchev–Trinajstić information content (AvgIpc) is 2.26. The number of fused-ring (bicyclic) bond motifs is 1. The minimum Gasteiger partial charge on any atom is -0.467 e. The summed E-state index contributed by atoms with van der Waals surface area (Å²) in [7, 11) is 0. The van der Waals surface area contributed by atoms with Crippen molar-refractivity contribution in [1.82, 2.24) is 0 Å². The highest BCUT2D eigenvalue weighted by atomic mass is 19.1. The Hall–Kier alpha value is -1.17. The number of benzene rings is 1. The summed E-state index contributed by atoms with van der Waals surface area (Å²) >= 11 is 0. The van der Waals surface area contributed by atoms with Crippen LogP contribution in [0.15, 0.2) is 12.1 Å². The van der Waals surface area contributed by atoms with E-state index >= 15 is 0 Å². The molecule has 1 unspecified atom stereocenters. The van der Waals surface area contributed by atoms with Gasteiger partial charge in [-0.2, -0.15) is 0 Å². The van der Waals surface area contributed by atoms with Gasteiger partial charge in [-0.3, -0.25) is 0 Å². The van der Waals surface area contributed by atoms with E-state index in [0.29, 0.717) is 23.5 Å². The van der Waals surface area contributed by atoms with Crippen LogP contribution >= 0.6 is 0 Å². The summed E-state index contributed by atoms with van der Waals surface area (Å²) in [6.45, 7) is 0.183. The van der Waals surface area contributed by atoms with Gasteiger partial charge in [0.05, 0.1) is 19.3 Å². The molecule has 1 heterocycles. The molecule has 1 aliphatic rings. The van der Waals surface area contributed by atoms with Crippen LogP contribution in [0.2, 0.25) is 0 Å². The van der Waals surface area contributed by atoms with E-state index in [4.69, 9.17) is 20.3 Å². The first-order valence-electron chi connectivity index (χ1n) is 4.61. The lowest BCUT2D eigenvalue weighted by molar-refractivity contribution is -0.0176. The lowest BCUT2D eigenvalue weighted by atomic mass is 10.0. The van der Waals surface area contributed by atoms with Crippen LogP contribution in [0, 0.1) is 5.82 Å². The van der Waals surface area contributed by atoms with Gasteiger partial charge in [0, 0.05) is 11.1 Å². The maximum atomic E-state index is 13.2. The first kappa shape index (κ1) is 10.4. The molecule has 82 valence electrons. The van der Waals surface area contributed by atoms with E-state index in [1.54, 1.807) is 0 Å². The molecule has 1 aliphatic heterocycles. The maximum Gasteiger partial charge on any atom is 0.189 e. The fourth-order valence-electron chi connectivity index (χ4n) is 1.58. The molecule has 3 N–H and O–H groups in total. The molecule has 1 aromatic carbocycles. The molecule has 0 radical (unpaired) electrons. The summed E-state index contributed by atoms with van der Waals surface area (Å²) in [5.74, 6) is 0.131. The number of halogens is 1. The Kier molecular flexibility index (Phi) is 2.86. The molecule has 15 heavy (non-hydrogen) atoms. The van der Waals surface area contributed by atoms with Crippen molar-refractivity contribution in [1.29, 1.82) is 0 Å². The Labute approximate surface area is 86.4 Å². The van der Waals surface area contributed by atoms with Crippen molar-refractivity contribution in [2.45, 2.75) is 12.6 Å². The van der Waals surface area contributed by atoms with Crippen molar-refractivity contribution < 1.29 is 19.0 Å². The highest BCUT2D eigenvalue weighted by molar-refractivity contribution is 5.44. The molecule has 0 spiro atoms. The van der Waals surface area contributed by atoms with Crippen LogP contribution in [0.25, 0.3) is 0 Å². The van der Waals surface area contributed by atoms with Crippen LogP contribution < -0.4 is 10.5 Å². The fourth-order valence-corrected chi connectivity index (χ4v) is 1.58. The van der Waals surface area contributed by atoms with E-state index in [1.165, 1.54) is 12.1 Å². The number of aliphatic hydroxyl groups excluding tert-OH is 1. The number of ether oxygens (including phenoxy) is 2. The Morgan fingerprint density at radius 1 is 1.53 bits per heavy atom. The number of hydrogen-bond donors (Lipinski definition) is 2. The van der Waals surface area contributed by atoms with Crippen molar-refractivity contribution in [2.24, 2.45) is 5.73 Å². The highest BCUT2D eigenvalue weighted by Crippen LogP contribution is 2.32. The van der Waals surface area contributed by atoms with Crippen LogP contribution in [0.5, 0.6) is 5.75 Å². The van der Waals surface area contributed by atoms with Crippen LogP contribution in [0.3, 0.4) is 0 Å². The van der Waals surface area contributed by atoms with Crippen molar-refractivity contribution in [3.05, 3.63) is 29.1 Å². The molecule has 0 fully saturated rings. The summed E-state index contributed by atoms with van der Waals surface area (Å²) in [5.41, 5.74) is 6.76. The zero-order valence-electron chi connectivity index (χ0n) is 8.07. The molecule has 0 aromatic heterocycles. The van der Waals surface area contributed by atoms with Gasteiger partial charge in [0.15, 0.2) is 6.79 Å². The van der Waals surface area contributed by atoms with Crippen LogP contribution in [-0.2, 0) is 11.3 Å². The molecule has 0 aliphatic carbocycles. The maximum absolute atomic E-state index is 13.2. The zero-order valence-corrected chi connectivity index (χ0v) is 8.07. The van der Waals surface area contributed by atoms with Gasteiger partial charge in [-0.15, -0.1) is 0 Å². The molecule has 0 saturated carbocycles. The second kappa shape index (κ2) is 4.14. The van der Waals surface area contributed by atoms with E-state index in [-0.39, 0.29) is 13.4 Å². The quantitative estimate of drug-likeness (QED) is 0.758. The minimum absolute atomic E-state index is 0.129. The molecule has 2 rings (SSSR count). The monoisotopic (exact) mass is 213 g/mol. The van der Waals surface area contributed by atoms with Crippen molar-refractivity contribution in [2.75, 3.05) is 13.4 Å². The third-order valence-electron chi connectivity index (χ3n) is 2.30. The summed E-state index contributed by atoms with van der Waals surface area (Å²) < 4.78 is 23.5. The minimum atomic E-state index is -0.632. The second-order valence-corrected chi connectivity index (χ2v) is 3.38. The van der Waals surface area contributed by atoms with Crippen LogP contribution in [0.1, 0.15) is 17.2 Å². The van der Waals surface area contributed by atoms with Gasteiger partial charge in [0.1, 0.15) is 11.6 Å². The summed E-state index contributed by atoms with van der Waals surface area (Å²) in [6.07, 6.45) is 0. The van der Waals surface area contributed by atoms with Gasteiger partial charge in [-0.1, -0.05) is 0 Å². The van der Waals surface area contributed by atoms with Gasteiger partial charge in [0.25, 0.3) is 0 Å². The summed E-state index contributed by atoms with van der Waals surface area (Å²) in [5, 5.41) is 8.95. The fraction of sp³-hybridized carbons (Fsp3) is 0.400. The lowest BCUT2D eigenvalue weighted by Crippen LogP contribution is -2.20. The Balaban J connectivity index is 2.47. The number of aliphatic hydroxyl groups is 1. The van der Waals surface area contributed by atoms with Gasteiger partial charge in [-0.05, 0) is 12.1 Å². The predicted octanol–water partition coefficient (Wildman–Crippen LogP) is 0.684. The standard InChI is InChI=1S/C10H12FNO3/c11-7-1-6-4-14-5-15-10(6)8(2-7)9(12)3-13/h1-2,9,13H,3-5,12H2. The molecule has 0 saturated heterocycles. The molecule has 1 aromatic rings. The molecule has 0 amide bonds. The SMILES string of the molecule is NC(CO)c1cc(F)cc2c1OCOC2. The second-order valence-electron chi connectivity index (χ2n) is 3.38.